The normalized spacial score (nSPS) is 25.8. The lowest BCUT2D eigenvalue weighted by Gasteiger charge is -2.39. The summed E-state index contributed by atoms with van der Waals surface area (Å²) in [7, 11) is 0. The zero-order valence-corrected chi connectivity index (χ0v) is 7.96. The molecule has 2 heterocycles. The van der Waals surface area contributed by atoms with Crippen molar-refractivity contribution in [2.75, 3.05) is 26.2 Å². The third-order valence-electron chi connectivity index (χ3n) is 2.73. The molecule has 0 spiro atoms. The van der Waals surface area contributed by atoms with Gasteiger partial charge in [-0.2, -0.15) is 0 Å². The highest BCUT2D eigenvalue weighted by Crippen LogP contribution is 2.13. The number of piperidine rings is 1. The van der Waals surface area contributed by atoms with Crippen LogP contribution in [0.2, 0.25) is 0 Å². The molecule has 0 aromatic carbocycles. The predicted molar refractivity (Wildman–Crippen MR) is 50.1 cm³/mol. The summed E-state index contributed by atoms with van der Waals surface area (Å²) in [5.74, 6) is 0. The smallest absolute Gasteiger partial charge is 0.331 e. The first-order valence-corrected chi connectivity index (χ1v) is 5.18. The van der Waals surface area contributed by atoms with Crippen LogP contribution in [0.25, 0.3) is 0 Å². The Balaban J connectivity index is 1.92. The lowest BCUT2D eigenvalue weighted by atomic mass is 10.1. The lowest BCUT2D eigenvalue weighted by molar-refractivity contribution is -0.00948. The van der Waals surface area contributed by atoms with Gasteiger partial charge >= 0.3 is 6.03 Å². The summed E-state index contributed by atoms with van der Waals surface area (Å²) in [6.45, 7) is 3.83. The predicted octanol–water partition coefficient (Wildman–Crippen LogP) is 0.803. The minimum absolute atomic E-state index is 0.0909. The van der Waals surface area contributed by atoms with E-state index in [9.17, 15) is 4.79 Å². The number of hydrogen-bond acceptors (Lipinski definition) is 2. The van der Waals surface area contributed by atoms with E-state index in [-0.39, 0.29) is 6.03 Å². The van der Waals surface area contributed by atoms with Crippen molar-refractivity contribution in [3.8, 4) is 0 Å². The van der Waals surface area contributed by atoms with Crippen molar-refractivity contribution in [3.63, 3.8) is 0 Å². The SMILES string of the molecule is O=C1NCCCN1N1CCCCC1. The second-order valence-corrected chi connectivity index (χ2v) is 3.72. The maximum atomic E-state index is 11.5. The van der Waals surface area contributed by atoms with E-state index < -0.39 is 0 Å². The highest BCUT2D eigenvalue weighted by molar-refractivity contribution is 5.74. The molecular weight excluding hydrogens is 166 g/mol. The minimum Gasteiger partial charge on any atom is -0.337 e. The molecule has 2 aliphatic rings. The number of rotatable bonds is 1. The average Bonchev–Trinajstić information content (AvgIpc) is 2.20. The molecule has 13 heavy (non-hydrogen) atoms. The van der Waals surface area contributed by atoms with Crippen LogP contribution in [0, 0.1) is 0 Å². The standard InChI is InChI=1S/C9H17N3O/c13-9-10-5-4-8-12(9)11-6-2-1-3-7-11/h1-8H2,(H,10,13). The minimum atomic E-state index is 0.0909. The molecule has 0 bridgehead atoms. The fourth-order valence-corrected chi connectivity index (χ4v) is 2.01. The first kappa shape index (κ1) is 8.81. The van der Waals surface area contributed by atoms with Gasteiger partial charge in [-0.1, -0.05) is 6.42 Å². The molecule has 2 rings (SSSR count). The Hall–Kier alpha value is -0.770. The van der Waals surface area contributed by atoms with Gasteiger partial charge in [0.1, 0.15) is 0 Å². The van der Waals surface area contributed by atoms with Gasteiger partial charge in [0.05, 0.1) is 0 Å². The summed E-state index contributed by atoms with van der Waals surface area (Å²) in [4.78, 5) is 11.5. The molecular formula is C9H17N3O. The zero-order chi connectivity index (χ0) is 9.10. The maximum absolute atomic E-state index is 11.5. The summed E-state index contributed by atoms with van der Waals surface area (Å²) in [6, 6.07) is 0.0909. The van der Waals surface area contributed by atoms with E-state index in [2.05, 4.69) is 10.3 Å². The number of hydrazine groups is 1. The number of hydrogen-bond donors (Lipinski definition) is 1. The van der Waals surface area contributed by atoms with E-state index >= 15 is 0 Å². The van der Waals surface area contributed by atoms with Gasteiger partial charge in [0, 0.05) is 26.2 Å². The van der Waals surface area contributed by atoms with E-state index in [4.69, 9.17) is 0 Å². The van der Waals surface area contributed by atoms with Crippen LogP contribution in [0.1, 0.15) is 25.7 Å². The second kappa shape index (κ2) is 3.96. The zero-order valence-electron chi connectivity index (χ0n) is 7.96. The molecule has 2 amide bonds. The molecule has 4 heteroatoms. The molecule has 0 aromatic heterocycles. The Morgan fingerprint density at radius 1 is 1.00 bits per heavy atom. The molecule has 0 unspecified atom stereocenters. The van der Waals surface area contributed by atoms with Crippen LogP contribution in [0.4, 0.5) is 4.79 Å². The molecule has 74 valence electrons. The van der Waals surface area contributed by atoms with Gasteiger partial charge in [-0.25, -0.2) is 9.80 Å². The Morgan fingerprint density at radius 3 is 2.46 bits per heavy atom. The Bertz CT molecular complexity index is 189. The fraction of sp³-hybridized carbons (Fsp3) is 0.889. The molecule has 4 nitrogen and oxygen atoms in total. The fourth-order valence-electron chi connectivity index (χ4n) is 2.01. The van der Waals surface area contributed by atoms with Crippen molar-refractivity contribution in [1.82, 2.24) is 15.3 Å². The number of carbonyl (C=O) groups is 1. The Labute approximate surface area is 78.8 Å². The number of nitrogens with zero attached hydrogens (tertiary/aromatic N) is 2. The lowest BCUT2D eigenvalue weighted by Crippen LogP contribution is -2.56. The maximum Gasteiger partial charge on any atom is 0.331 e. The summed E-state index contributed by atoms with van der Waals surface area (Å²) >= 11 is 0. The van der Waals surface area contributed by atoms with Crippen LogP contribution in [0.3, 0.4) is 0 Å². The third kappa shape index (κ3) is 1.94. The van der Waals surface area contributed by atoms with Crippen LogP contribution in [0.5, 0.6) is 0 Å². The van der Waals surface area contributed by atoms with Gasteiger partial charge < -0.3 is 5.32 Å². The van der Waals surface area contributed by atoms with E-state index in [0.29, 0.717) is 0 Å². The van der Waals surface area contributed by atoms with Crippen LogP contribution >= 0.6 is 0 Å². The van der Waals surface area contributed by atoms with Gasteiger partial charge in [0.2, 0.25) is 0 Å². The number of amides is 2. The highest BCUT2D eigenvalue weighted by Gasteiger charge is 2.24. The van der Waals surface area contributed by atoms with Gasteiger partial charge in [-0.3, -0.25) is 5.01 Å². The molecule has 0 atom stereocenters. The molecule has 0 saturated carbocycles. The van der Waals surface area contributed by atoms with Crippen molar-refractivity contribution >= 4 is 6.03 Å². The van der Waals surface area contributed by atoms with Gasteiger partial charge in [-0.05, 0) is 19.3 Å². The second-order valence-electron chi connectivity index (χ2n) is 3.72. The van der Waals surface area contributed by atoms with E-state index in [1.54, 1.807) is 0 Å². The van der Waals surface area contributed by atoms with Crippen LogP contribution in [-0.4, -0.2) is 42.2 Å². The highest BCUT2D eigenvalue weighted by atomic mass is 16.2. The summed E-state index contributed by atoms with van der Waals surface area (Å²) in [6.07, 6.45) is 4.84. The first-order valence-electron chi connectivity index (χ1n) is 5.18. The molecule has 2 aliphatic heterocycles. The van der Waals surface area contributed by atoms with Crippen LogP contribution < -0.4 is 5.32 Å². The molecule has 1 N–H and O–H groups in total. The van der Waals surface area contributed by atoms with Gasteiger partial charge in [-0.15, -0.1) is 0 Å². The van der Waals surface area contributed by atoms with Crippen molar-refractivity contribution in [3.05, 3.63) is 0 Å². The molecule has 2 fully saturated rings. The monoisotopic (exact) mass is 183 g/mol. The number of nitrogens with one attached hydrogen (secondary N) is 1. The molecule has 0 radical (unpaired) electrons. The van der Waals surface area contributed by atoms with Crippen LogP contribution in [-0.2, 0) is 0 Å². The number of carbonyl (C=O) groups excluding carboxylic acids is 1. The Kier molecular flexibility index (Phi) is 2.68. The van der Waals surface area contributed by atoms with Gasteiger partial charge in [0.25, 0.3) is 0 Å². The third-order valence-corrected chi connectivity index (χ3v) is 2.73. The Morgan fingerprint density at radius 2 is 1.77 bits per heavy atom. The summed E-state index contributed by atoms with van der Waals surface area (Å²) in [5.41, 5.74) is 0. The topological polar surface area (TPSA) is 35.6 Å². The summed E-state index contributed by atoms with van der Waals surface area (Å²) < 4.78 is 0. The summed E-state index contributed by atoms with van der Waals surface area (Å²) in [5, 5.41) is 6.94. The van der Waals surface area contributed by atoms with Crippen molar-refractivity contribution in [1.29, 1.82) is 0 Å². The molecule has 0 aromatic rings. The molecule has 2 saturated heterocycles. The average molecular weight is 183 g/mol. The van der Waals surface area contributed by atoms with E-state index in [0.717, 1.165) is 32.6 Å². The van der Waals surface area contributed by atoms with Crippen molar-refractivity contribution < 1.29 is 4.79 Å². The van der Waals surface area contributed by atoms with Crippen molar-refractivity contribution in [2.24, 2.45) is 0 Å². The molecule has 0 aliphatic carbocycles. The first-order chi connectivity index (χ1) is 6.38. The quantitative estimate of drug-likeness (QED) is 0.652. The van der Waals surface area contributed by atoms with Crippen molar-refractivity contribution in [2.45, 2.75) is 25.7 Å². The van der Waals surface area contributed by atoms with E-state index in [1.807, 2.05) is 5.01 Å². The van der Waals surface area contributed by atoms with Gasteiger partial charge in [0.15, 0.2) is 0 Å². The number of urea groups is 1. The van der Waals surface area contributed by atoms with E-state index in [1.165, 1.54) is 19.3 Å². The largest absolute Gasteiger partial charge is 0.337 e. The van der Waals surface area contributed by atoms with Crippen LogP contribution in [0.15, 0.2) is 0 Å².